The molecular weight excluding hydrogens is 885 g/mol. The number of benzene rings is 11. The van der Waals surface area contributed by atoms with Gasteiger partial charge in [-0.15, -0.1) is 22.7 Å². The predicted octanol–water partition coefficient (Wildman–Crippen LogP) is 19.4. The Hall–Kier alpha value is -8.54. The van der Waals surface area contributed by atoms with Gasteiger partial charge in [-0.3, -0.25) is 0 Å². The average molecular weight is 921 g/mol. The van der Waals surface area contributed by atoms with Crippen LogP contribution in [-0.4, -0.2) is 8.80 Å². The summed E-state index contributed by atoms with van der Waals surface area (Å²) in [5, 5.41) is 15.8. The van der Waals surface area contributed by atoms with Gasteiger partial charge < -0.3 is 8.80 Å². The van der Waals surface area contributed by atoms with E-state index in [1.807, 2.05) is 22.7 Å². The lowest BCUT2D eigenvalue weighted by Gasteiger charge is -2.11. The third-order valence-electron chi connectivity index (χ3n) is 15.6. The van der Waals surface area contributed by atoms with Gasteiger partial charge in [-0.1, -0.05) is 158 Å². The van der Waals surface area contributed by atoms with E-state index in [4.69, 9.17) is 0 Å². The minimum absolute atomic E-state index is 1.23. The molecule has 0 aliphatic carbocycles. The lowest BCUT2D eigenvalue weighted by molar-refractivity contribution is 1.36. The van der Waals surface area contributed by atoms with E-state index in [-0.39, 0.29) is 0 Å². The second kappa shape index (κ2) is 13.6. The van der Waals surface area contributed by atoms with E-state index in [1.165, 1.54) is 161 Å². The first-order valence-corrected chi connectivity index (χ1v) is 25.7. The van der Waals surface area contributed by atoms with Crippen molar-refractivity contribution in [2.24, 2.45) is 0 Å². The highest BCUT2D eigenvalue weighted by atomic mass is 32.1. The van der Waals surface area contributed by atoms with Crippen molar-refractivity contribution in [2.45, 2.75) is 0 Å². The summed E-state index contributed by atoms with van der Waals surface area (Å²) in [5.41, 5.74) is 17.5. The van der Waals surface area contributed by atoms with Crippen LogP contribution in [0.2, 0.25) is 0 Å². The molecule has 0 unspecified atom stereocenters. The summed E-state index contributed by atoms with van der Waals surface area (Å²) in [6, 6.07) is 81.9. The van der Waals surface area contributed by atoms with Crippen molar-refractivity contribution in [1.29, 1.82) is 0 Å². The van der Waals surface area contributed by atoms with E-state index in [9.17, 15) is 0 Å². The summed E-state index contributed by atoms with van der Waals surface area (Å²) < 4.78 is 10.6. The SMILES string of the molecule is c1ccc(-c2ccccc2-c2ccc3c(c2)c2c4sc5ccccc5c4cc4c5cc6c(cc5n3c42)c2cc3c4ccccc4sc3c3c4cc(-c5ccccc5-c5ccccc5)ccc4n6c23)cc1. The van der Waals surface area contributed by atoms with Crippen LogP contribution in [0.25, 0.3) is 161 Å². The molecule has 0 N–H and O–H groups in total. The molecule has 0 fully saturated rings. The second-order valence-electron chi connectivity index (χ2n) is 19.1. The number of aromatic nitrogens is 2. The molecular formula is C66H36N2S2. The van der Waals surface area contributed by atoms with Crippen molar-refractivity contribution in [2.75, 3.05) is 0 Å². The van der Waals surface area contributed by atoms with Crippen molar-refractivity contribution in [1.82, 2.24) is 8.80 Å². The van der Waals surface area contributed by atoms with Crippen molar-refractivity contribution in [3.63, 3.8) is 0 Å². The number of thiophene rings is 2. The number of fused-ring (bicyclic) bond motifs is 20. The van der Waals surface area contributed by atoms with Crippen LogP contribution in [0.3, 0.4) is 0 Å². The van der Waals surface area contributed by atoms with E-state index < -0.39 is 0 Å². The summed E-state index contributed by atoms with van der Waals surface area (Å²) in [6.07, 6.45) is 0. The van der Waals surface area contributed by atoms with Crippen LogP contribution in [0.1, 0.15) is 0 Å². The van der Waals surface area contributed by atoms with Crippen molar-refractivity contribution in [3.05, 3.63) is 218 Å². The third kappa shape index (κ3) is 4.81. The second-order valence-corrected chi connectivity index (χ2v) is 21.2. The van der Waals surface area contributed by atoms with E-state index in [0.717, 1.165) is 0 Å². The first-order chi connectivity index (χ1) is 34.7. The Bertz CT molecular complexity index is 4730. The molecule has 2 nitrogen and oxygen atoms in total. The zero-order chi connectivity index (χ0) is 45.3. The quantitative estimate of drug-likeness (QED) is 0.166. The topological polar surface area (TPSA) is 8.82 Å². The lowest BCUT2D eigenvalue weighted by atomic mass is 9.93. The highest BCUT2D eigenvalue weighted by Crippen LogP contribution is 2.52. The van der Waals surface area contributed by atoms with Gasteiger partial charge in [0.1, 0.15) is 0 Å². The molecule has 6 heterocycles. The van der Waals surface area contributed by atoms with Gasteiger partial charge in [0.25, 0.3) is 0 Å². The summed E-state index contributed by atoms with van der Waals surface area (Å²) in [7, 11) is 0. The normalized spacial score (nSPS) is 12.6. The van der Waals surface area contributed by atoms with Gasteiger partial charge in [0.15, 0.2) is 0 Å². The first kappa shape index (κ1) is 37.4. The molecule has 0 saturated carbocycles. The Kier molecular flexibility index (Phi) is 7.26. The molecule has 0 aliphatic rings. The van der Waals surface area contributed by atoms with Gasteiger partial charge in [-0.05, 0) is 105 Å². The molecule has 0 spiro atoms. The van der Waals surface area contributed by atoms with Crippen LogP contribution in [-0.2, 0) is 0 Å². The van der Waals surface area contributed by atoms with Crippen molar-refractivity contribution in [3.8, 4) is 44.5 Å². The van der Waals surface area contributed by atoms with Gasteiger partial charge in [0.05, 0.1) is 33.1 Å². The number of hydrogen-bond acceptors (Lipinski definition) is 2. The summed E-state index contributed by atoms with van der Waals surface area (Å²) in [5.74, 6) is 0. The van der Waals surface area contributed by atoms with Gasteiger partial charge in [-0.2, -0.15) is 0 Å². The number of hydrogen-bond donors (Lipinski definition) is 0. The molecule has 0 amide bonds. The lowest BCUT2D eigenvalue weighted by Crippen LogP contribution is -1.87. The van der Waals surface area contributed by atoms with E-state index in [0.29, 0.717) is 0 Å². The standard InChI is InChI=1S/C66H36N2S2/c1-3-15-37(16-4-1)41-19-7-9-21-43(41)39-27-29-55-53(31-39)61-63-49(33-51-45-23-11-13-25-59(45)69-65(51)61)47-36-58-48(35-57(47)67(55)63)50-34-52-46-24-12-14-26-60(46)70-66(52)62-54-32-40(28-30-56(54)68(58)64(50)62)44-22-10-8-20-42(44)38-17-5-2-6-18-38/h1-36H. The van der Waals surface area contributed by atoms with Crippen LogP contribution >= 0.6 is 22.7 Å². The molecule has 0 saturated heterocycles. The maximum atomic E-state index is 2.60. The van der Waals surface area contributed by atoms with Gasteiger partial charge in [0.2, 0.25) is 0 Å². The molecule has 70 heavy (non-hydrogen) atoms. The van der Waals surface area contributed by atoms with Gasteiger partial charge in [0, 0.05) is 83.4 Å². The highest BCUT2D eigenvalue weighted by molar-refractivity contribution is 7.27. The highest BCUT2D eigenvalue weighted by Gasteiger charge is 2.27. The van der Waals surface area contributed by atoms with E-state index >= 15 is 0 Å². The summed E-state index contributed by atoms with van der Waals surface area (Å²) in [6.45, 7) is 0. The average Bonchev–Trinajstić information content (AvgIpc) is 4.27. The van der Waals surface area contributed by atoms with Crippen molar-refractivity contribution >= 4 is 139 Å². The van der Waals surface area contributed by atoms with Crippen molar-refractivity contribution < 1.29 is 0 Å². The van der Waals surface area contributed by atoms with Crippen LogP contribution in [0, 0.1) is 0 Å². The Morgan fingerprint density at radius 3 is 1.07 bits per heavy atom. The number of rotatable bonds is 4. The largest absolute Gasteiger partial charge is 0.308 e. The van der Waals surface area contributed by atoms with Gasteiger partial charge >= 0.3 is 0 Å². The zero-order valence-electron chi connectivity index (χ0n) is 37.5. The molecule has 17 rings (SSSR count). The summed E-state index contributed by atoms with van der Waals surface area (Å²) in [4.78, 5) is 0. The van der Waals surface area contributed by atoms with Gasteiger partial charge in [-0.25, -0.2) is 0 Å². The molecule has 4 heteroatoms. The molecule has 0 aliphatic heterocycles. The zero-order valence-corrected chi connectivity index (χ0v) is 39.1. The molecule has 0 radical (unpaired) electrons. The first-order valence-electron chi connectivity index (χ1n) is 24.1. The Morgan fingerprint density at radius 1 is 0.243 bits per heavy atom. The van der Waals surface area contributed by atoms with Crippen LogP contribution in [0.4, 0.5) is 0 Å². The minimum Gasteiger partial charge on any atom is -0.308 e. The molecule has 11 aromatic carbocycles. The molecule has 0 bridgehead atoms. The molecule has 0 atom stereocenters. The Labute approximate surface area is 408 Å². The van der Waals surface area contributed by atoms with E-state index in [2.05, 4.69) is 227 Å². The molecule has 322 valence electrons. The molecule has 17 aromatic rings. The van der Waals surface area contributed by atoms with E-state index in [1.54, 1.807) is 0 Å². The smallest absolute Gasteiger partial charge is 0.0635 e. The summed E-state index contributed by atoms with van der Waals surface area (Å²) >= 11 is 3.87. The number of nitrogens with zero attached hydrogens (tertiary/aromatic N) is 2. The monoisotopic (exact) mass is 920 g/mol. The Balaban J connectivity index is 1.00. The maximum Gasteiger partial charge on any atom is 0.0635 e. The minimum atomic E-state index is 1.23. The fourth-order valence-corrected chi connectivity index (χ4v) is 15.1. The maximum absolute atomic E-state index is 2.60. The Morgan fingerprint density at radius 2 is 0.629 bits per heavy atom. The van der Waals surface area contributed by atoms with Crippen LogP contribution < -0.4 is 0 Å². The fraction of sp³-hybridized carbons (Fsp3) is 0. The fourth-order valence-electron chi connectivity index (χ4n) is 12.6. The predicted molar refractivity (Wildman–Crippen MR) is 303 cm³/mol. The van der Waals surface area contributed by atoms with Crippen LogP contribution in [0.15, 0.2) is 218 Å². The third-order valence-corrected chi connectivity index (χ3v) is 18.0. The van der Waals surface area contributed by atoms with Crippen LogP contribution in [0.5, 0.6) is 0 Å². The molecule has 6 aromatic heterocycles.